The van der Waals surface area contributed by atoms with Gasteiger partial charge in [0.15, 0.2) is 5.78 Å². The number of fused-ring (bicyclic) bond motifs is 1. The molecule has 2 rings (SSSR count). The average Bonchev–Trinajstić information content (AvgIpc) is 2.43. The van der Waals surface area contributed by atoms with Gasteiger partial charge in [0, 0.05) is 29.5 Å². The van der Waals surface area contributed by atoms with E-state index in [1.165, 1.54) is 0 Å². The smallest absolute Gasteiger partial charge is 0.167 e. The van der Waals surface area contributed by atoms with Gasteiger partial charge in [-0.2, -0.15) is 5.26 Å². The fourth-order valence-corrected chi connectivity index (χ4v) is 2.06. The molecule has 2 aromatic rings. The zero-order valence-corrected chi connectivity index (χ0v) is 10.3. The molecule has 0 spiro atoms. The van der Waals surface area contributed by atoms with Crippen LogP contribution in [0.25, 0.3) is 10.9 Å². The number of aromatic nitrogens is 1. The van der Waals surface area contributed by atoms with Gasteiger partial charge in [-0.1, -0.05) is 25.1 Å². The van der Waals surface area contributed by atoms with Crippen LogP contribution in [0.3, 0.4) is 0 Å². The molecule has 0 saturated heterocycles. The Morgan fingerprint density at radius 3 is 2.89 bits per heavy atom. The van der Waals surface area contributed by atoms with E-state index in [0.29, 0.717) is 12.0 Å². The standard InChI is InChI=1S/C15H14N2O/c1-2-11(7-9-16)15(18)13-8-10-17-14-6-4-3-5-12(13)14/h3-6,8,10-11H,2,7H2,1H3. The largest absolute Gasteiger partial charge is 0.294 e. The van der Waals surface area contributed by atoms with Gasteiger partial charge in [0.1, 0.15) is 0 Å². The molecule has 0 aliphatic rings. The summed E-state index contributed by atoms with van der Waals surface area (Å²) in [5.41, 5.74) is 1.48. The van der Waals surface area contributed by atoms with Gasteiger partial charge in [0.05, 0.1) is 11.6 Å². The van der Waals surface area contributed by atoms with Crippen LogP contribution in [0.15, 0.2) is 36.5 Å². The van der Waals surface area contributed by atoms with E-state index in [1.54, 1.807) is 12.3 Å². The van der Waals surface area contributed by atoms with Gasteiger partial charge in [0.2, 0.25) is 0 Å². The molecule has 1 aromatic carbocycles. The van der Waals surface area contributed by atoms with Crippen LogP contribution in [0, 0.1) is 17.2 Å². The van der Waals surface area contributed by atoms with Gasteiger partial charge < -0.3 is 0 Å². The Bertz CT molecular complexity index is 608. The zero-order valence-electron chi connectivity index (χ0n) is 10.3. The molecule has 3 heteroatoms. The molecule has 1 unspecified atom stereocenters. The first-order valence-corrected chi connectivity index (χ1v) is 6.02. The van der Waals surface area contributed by atoms with Crippen LogP contribution < -0.4 is 0 Å². The molecular formula is C15H14N2O. The van der Waals surface area contributed by atoms with Crippen molar-refractivity contribution in [1.82, 2.24) is 4.98 Å². The van der Waals surface area contributed by atoms with Crippen LogP contribution in [0.5, 0.6) is 0 Å². The van der Waals surface area contributed by atoms with E-state index >= 15 is 0 Å². The highest BCUT2D eigenvalue weighted by molar-refractivity contribution is 6.08. The fourth-order valence-electron chi connectivity index (χ4n) is 2.06. The number of Topliss-reactive ketones (excluding diaryl/α,β-unsaturated/α-hetero) is 1. The minimum atomic E-state index is -0.221. The fraction of sp³-hybridized carbons (Fsp3) is 0.267. The molecule has 1 atom stereocenters. The lowest BCUT2D eigenvalue weighted by Crippen LogP contribution is -2.14. The molecule has 1 heterocycles. The summed E-state index contributed by atoms with van der Waals surface area (Å²) in [4.78, 5) is 16.6. The van der Waals surface area contributed by atoms with Crippen molar-refractivity contribution < 1.29 is 4.79 Å². The minimum absolute atomic E-state index is 0.0395. The molecule has 1 aromatic heterocycles. The van der Waals surface area contributed by atoms with E-state index in [2.05, 4.69) is 11.1 Å². The normalized spacial score (nSPS) is 12.0. The number of hydrogen-bond acceptors (Lipinski definition) is 3. The van der Waals surface area contributed by atoms with E-state index in [4.69, 9.17) is 5.26 Å². The van der Waals surface area contributed by atoms with Crippen molar-refractivity contribution >= 4 is 16.7 Å². The number of rotatable bonds is 4. The molecule has 0 N–H and O–H groups in total. The molecule has 18 heavy (non-hydrogen) atoms. The number of hydrogen-bond donors (Lipinski definition) is 0. The third kappa shape index (κ3) is 2.23. The van der Waals surface area contributed by atoms with Crippen LogP contribution >= 0.6 is 0 Å². The van der Waals surface area contributed by atoms with E-state index in [1.807, 2.05) is 31.2 Å². The van der Waals surface area contributed by atoms with Crippen molar-refractivity contribution in [2.75, 3.05) is 0 Å². The Morgan fingerprint density at radius 1 is 1.39 bits per heavy atom. The van der Waals surface area contributed by atoms with Crippen LogP contribution in [-0.2, 0) is 0 Å². The molecule has 0 radical (unpaired) electrons. The van der Waals surface area contributed by atoms with Crippen LogP contribution in [0.1, 0.15) is 30.1 Å². The molecular weight excluding hydrogens is 224 g/mol. The van der Waals surface area contributed by atoms with Gasteiger partial charge in [-0.25, -0.2) is 0 Å². The van der Waals surface area contributed by atoms with Crippen molar-refractivity contribution in [2.24, 2.45) is 5.92 Å². The summed E-state index contributed by atoms with van der Waals surface area (Å²) in [6, 6.07) is 11.4. The summed E-state index contributed by atoms with van der Waals surface area (Å²) in [7, 11) is 0. The summed E-state index contributed by atoms with van der Waals surface area (Å²) < 4.78 is 0. The monoisotopic (exact) mass is 238 g/mol. The first-order chi connectivity index (χ1) is 8.77. The van der Waals surface area contributed by atoms with E-state index in [0.717, 1.165) is 10.9 Å². The van der Waals surface area contributed by atoms with Gasteiger partial charge in [-0.05, 0) is 18.6 Å². The maximum Gasteiger partial charge on any atom is 0.167 e. The van der Waals surface area contributed by atoms with E-state index in [9.17, 15) is 4.79 Å². The summed E-state index contributed by atoms with van der Waals surface area (Å²) >= 11 is 0. The lowest BCUT2D eigenvalue weighted by molar-refractivity contribution is 0.0920. The van der Waals surface area contributed by atoms with Gasteiger partial charge >= 0.3 is 0 Å². The average molecular weight is 238 g/mol. The highest BCUT2D eigenvalue weighted by Gasteiger charge is 2.19. The maximum atomic E-state index is 12.4. The maximum absolute atomic E-state index is 12.4. The number of benzene rings is 1. The number of pyridine rings is 1. The molecule has 0 aliphatic heterocycles. The Hall–Kier alpha value is -2.21. The van der Waals surface area contributed by atoms with Crippen LogP contribution in [0.2, 0.25) is 0 Å². The second-order valence-corrected chi connectivity index (χ2v) is 4.21. The second kappa shape index (κ2) is 5.42. The highest BCUT2D eigenvalue weighted by Crippen LogP contribution is 2.22. The third-order valence-corrected chi connectivity index (χ3v) is 3.12. The van der Waals surface area contributed by atoms with Crippen molar-refractivity contribution in [3.63, 3.8) is 0 Å². The quantitative estimate of drug-likeness (QED) is 0.767. The summed E-state index contributed by atoms with van der Waals surface area (Å²) in [6.45, 7) is 1.93. The molecule has 3 nitrogen and oxygen atoms in total. The summed E-state index contributed by atoms with van der Waals surface area (Å²) in [5, 5.41) is 9.62. The lowest BCUT2D eigenvalue weighted by atomic mass is 9.91. The number of nitrogens with zero attached hydrogens (tertiary/aromatic N) is 2. The first kappa shape index (κ1) is 12.3. The highest BCUT2D eigenvalue weighted by atomic mass is 16.1. The minimum Gasteiger partial charge on any atom is -0.294 e. The van der Waals surface area contributed by atoms with E-state index in [-0.39, 0.29) is 18.1 Å². The summed E-state index contributed by atoms with van der Waals surface area (Å²) in [6.07, 6.45) is 2.60. The molecule has 0 aliphatic carbocycles. The molecule has 0 bridgehead atoms. The number of carbonyl (C=O) groups excluding carboxylic acids is 1. The van der Waals surface area contributed by atoms with Gasteiger partial charge in [0.25, 0.3) is 0 Å². The van der Waals surface area contributed by atoms with Crippen molar-refractivity contribution in [3.8, 4) is 6.07 Å². The first-order valence-electron chi connectivity index (χ1n) is 6.02. The third-order valence-electron chi connectivity index (χ3n) is 3.12. The molecule has 0 fully saturated rings. The van der Waals surface area contributed by atoms with Crippen molar-refractivity contribution in [3.05, 3.63) is 42.1 Å². The Kier molecular flexibility index (Phi) is 3.69. The number of carbonyl (C=O) groups is 1. The Morgan fingerprint density at radius 2 is 2.17 bits per heavy atom. The van der Waals surface area contributed by atoms with Crippen LogP contribution in [-0.4, -0.2) is 10.8 Å². The summed E-state index contributed by atoms with van der Waals surface area (Å²) in [5.74, 6) is -0.182. The van der Waals surface area contributed by atoms with Crippen molar-refractivity contribution in [1.29, 1.82) is 5.26 Å². The predicted molar refractivity (Wildman–Crippen MR) is 70.1 cm³/mol. The Balaban J connectivity index is 2.48. The zero-order chi connectivity index (χ0) is 13.0. The molecule has 0 amide bonds. The van der Waals surface area contributed by atoms with Gasteiger partial charge in [-0.15, -0.1) is 0 Å². The Labute approximate surface area is 106 Å². The second-order valence-electron chi connectivity index (χ2n) is 4.21. The molecule has 90 valence electrons. The number of para-hydroxylation sites is 1. The number of ketones is 1. The SMILES string of the molecule is CCC(CC#N)C(=O)c1ccnc2ccccc12. The predicted octanol–water partition coefficient (Wildman–Crippen LogP) is 3.36. The van der Waals surface area contributed by atoms with Crippen molar-refractivity contribution in [2.45, 2.75) is 19.8 Å². The van der Waals surface area contributed by atoms with Gasteiger partial charge in [-0.3, -0.25) is 9.78 Å². The van der Waals surface area contributed by atoms with E-state index < -0.39 is 0 Å². The number of nitriles is 1. The lowest BCUT2D eigenvalue weighted by Gasteiger charge is -2.11. The van der Waals surface area contributed by atoms with Crippen LogP contribution in [0.4, 0.5) is 0 Å². The topological polar surface area (TPSA) is 53.8 Å². The molecule has 0 saturated carbocycles.